The highest BCUT2D eigenvalue weighted by molar-refractivity contribution is 7.94. The van der Waals surface area contributed by atoms with E-state index in [2.05, 4.69) is 50.4 Å². The molecule has 0 heterocycles. The van der Waals surface area contributed by atoms with E-state index >= 15 is 0 Å². The van der Waals surface area contributed by atoms with Crippen molar-refractivity contribution in [1.82, 2.24) is 4.72 Å². The first-order chi connectivity index (χ1) is 14.2. The molecule has 0 aromatic rings. The normalized spacial score (nSPS) is 15.6. The lowest BCUT2D eigenvalue weighted by atomic mass is 9.98. The van der Waals surface area contributed by atoms with E-state index in [9.17, 15) is 9.81 Å². The van der Waals surface area contributed by atoms with Crippen molar-refractivity contribution >= 4 is 17.6 Å². The number of ether oxygens (including phenoxy) is 1. The topological polar surface area (TPSA) is 80.5 Å². The van der Waals surface area contributed by atoms with Crippen LogP contribution in [-0.2, 0) is 16.1 Å². The molecule has 1 atom stereocenters. The average Bonchev–Trinajstić information content (AvgIpc) is 2.70. The second-order valence-corrected chi connectivity index (χ2v) is 9.08. The van der Waals surface area contributed by atoms with Crippen LogP contribution in [0.1, 0.15) is 61.3 Å². The summed E-state index contributed by atoms with van der Waals surface area (Å²) in [7, 11) is 1.66. The smallest absolute Gasteiger partial charge is 0.198 e. The monoisotopic (exact) mass is 433 g/mol. The quantitative estimate of drug-likeness (QED) is 0.134. The van der Waals surface area contributed by atoms with Gasteiger partial charge < -0.3 is 9.29 Å². The Morgan fingerprint density at radius 3 is 2.40 bits per heavy atom. The van der Waals surface area contributed by atoms with Gasteiger partial charge in [-0.15, -0.1) is 0 Å². The van der Waals surface area contributed by atoms with Crippen LogP contribution in [0.25, 0.3) is 0 Å². The van der Waals surface area contributed by atoms with E-state index in [0.29, 0.717) is 36.0 Å². The van der Waals surface area contributed by atoms with Gasteiger partial charge >= 0.3 is 0 Å². The summed E-state index contributed by atoms with van der Waals surface area (Å²) in [5.41, 5.74) is 3.78. The fraction of sp³-hybridized carbons (Fsp3) is 0.583. The fourth-order valence-corrected chi connectivity index (χ4v) is 3.27. The lowest BCUT2D eigenvalue weighted by Gasteiger charge is -2.15. The number of hydrogen-bond donors (Lipinski definition) is 1. The minimum atomic E-state index is -1.44. The molecule has 0 aliphatic heterocycles. The molecule has 6 heteroatoms. The van der Waals surface area contributed by atoms with Crippen molar-refractivity contribution in [3.8, 4) is 6.07 Å². The van der Waals surface area contributed by atoms with Crippen LogP contribution in [0.4, 0.5) is 0 Å². The van der Waals surface area contributed by atoms with Gasteiger partial charge in [0.1, 0.15) is 11.4 Å². The van der Waals surface area contributed by atoms with Gasteiger partial charge in [-0.05, 0) is 50.2 Å². The molecule has 1 N–H and O–H groups in total. The van der Waals surface area contributed by atoms with Crippen molar-refractivity contribution in [2.24, 2.45) is 16.8 Å². The summed E-state index contributed by atoms with van der Waals surface area (Å²) in [6, 6.07) is 2.26. The Balaban J connectivity index is 5.45. The molecule has 0 aromatic heterocycles. The summed E-state index contributed by atoms with van der Waals surface area (Å²) in [4.78, 5) is 4.66. The molecule has 0 saturated heterocycles. The van der Waals surface area contributed by atoms with E-state index in [-0.39, 0.29) is 5.92 Å². The lowest BCUT2D eigenvalue weighted by molar-refractivity contribution is 0.157. The maximum absolute atomic E-state index is 12.8. The van der Waals surface area contributed by atoms with Gasteiger partial charge in [-0.2, -0.15) is 5.26 Å². The van der Waals surface area contributed by atoms with Gasteiger partial charge in [-0.1, -0.05) is 46.3 Å². The molecule has 0 aliphatic carbocycles. The third-order valence-electron chi connectivity index (χ3n) is 4.61. The van der Waals surface area contributed by atoms with E-state index in [1.165, 1.54) is 5.57 Å². The van der Waals surface area contributed by atoms with Gasteiger partial charge in [0.05, 0.1) is 18.9 Å². The van der Waals surface area contributed by atoms with Crippen molar-refractivity contribution in [1.29, 1.82) is 5.26 Å². The molecular weight excluding hydrogens is 394 g/mol. The van der Waals surface area contributed by atoms with Crippen molar-refractivity contribution < 1.29 is 9.29 Å². The summed E-state index contributed by atoms with van der Waals surface area (Å²) >= 11 is -1.44. The van der Waals surface area contributed by atoms with Crippen molar-refractivity contribution in [2.75, 3.05) is 20.3 Å². The molecule has 0 aliphatic rings. The Kier molecular flexibility index (Phi) is 15.0. The number of rotatable bonds is 13. The summed E-state index contributed by atoms with van der Waals surface area (Å²) in [6.45, 7) is 15.5. The number of nitrogens with one attached hydrogen (secondary N) is 1. The van der Waals surface area contributed by atoms with Crippen LogP contribution < -0.4 is 4.72 Å². The Morgan fingerprint density at radius 1 is 1.23 bits per heavy atom. The van der Waals surface area contributed by atoms with Gasteiger partial charge in [-0.3, -0.25) is 4.99 Å². The van der Waals surface area contributed by atoms with Crippen molar-refractivity contribution in [3.63, 3.8) is 0 Å². The zero-order chi connectivity index (χ0) is 23.1. The third-order valence-corrected chi connectivity index (χ3v) is 5.79. The van der Waals surface area contributed by atoms with Gasteiger partial charge in [0.2, 0.25) is 0 Å². The van der Waals surface area contributed by atoms with Crippen LogP contribution >= 0.6 is 0 Å². The molecule has 5 nitrogen and oxygen atoms in total. The molecule has 0 amide bonds. The maximum atomic E-state index is 12.8. The molecule has 0 spiro atoms. The molecule has 1 unspecified atom stereocenters. The van der Waals surface area contributed by atoms with E-state index in [1.54, 1.807) is 19.5 Å². The Labute approximate surface area is 187 Å². The van der Waals surface area contributed by atoms with E-state index in [0.717, 1.165) is 17.6 Å². The number of hydrogen-bond acceptors (Lipinski definition) is 5. The molecule has 0 saturated carbocycles. The predicted molar refractivity (Wildman–Crippen MR) is 129 cm³/mol. The number of nitriles is 1. The first kappa shape index (κ1) is 28.2. The van der Waals surface area contributed by atoms with Crippen molar-refractivity contribution in [3.05, 3.63) is 45.5 Å². The lowest BCUT2D eigenvalue weighted by Crippen LogP contribution is -2.23. The van der Waals surface area contributed by atoms with E-state index in [4.69, 9.17) is 4.74 Å². The number of aliphatic imine (C=N–C) groups is 1. The molecule has 168 valence electrons. The van der Waals surface area contributed by atoms with E-state index in [1.807, 2.05) is 26.0 Å². The zero-order valence-electron chi connectivity index (χ0n) is 19.9. The Morgan fingerprint density at radius 2 is 1.90 bits per heavy atom. The van der Waals surface area contributed by atoms with Gasteiger partial charge in [0.25, 0.3) is 0 Å². The standard InChI is InChI=1S/C24H39N3O2S/c1-9-12-29-17-21(7)24(16-26-8)30(28)27-15-23(19(4)5)11-10-22(14-25)13-20(6)18(2)3/h10,13,15-16,18-19,27H,9,11-12,17H2,1-8H3/b20-13+,22-10+,23-15-,24-21-,26-16-. The first-order valence-electron chi connectivity index (χ1n) is 10.5. The second-order valence-electron chi connectivity index (χ2n) is 7.86. The third kappa shape index (κ3) is 11.4. The highest BCUT2D eigenvalue weighted by Crippen LogP contribution is 2.18. The van der Waals surface area contributed by atoms with Crippen molar-refractivity contribution in [2.45, 2.75) is 61.3 Å². The SMILES string of the molecule is CCCOC/C(C)=C(/C=N\C)[S+]([O-])N/C=C(/C/C=C(C#N)\C=C(/C)C(C)C)C(C)C. The minimum Gasteiger partial charge on any atom is -0.588 e. The van der Waals surface area contributed by atoms with Gasteiger partial charge in [0.15, 0.2) is 4.91 Å². The number of nitrogens with zero attached hydrogens (tertiary/aromatic N) is 2. The summed E-state index contributed by atoms with van der Waals surface area (Å²) in [6.07, 6.45) is 8.84. The van der Waals surface area contributed by atoms with Crippen LogP contribution in [0, 0.1) is 23.2 Å². The summed E-state index contributed by atoms with van der Waals surface area (Å²) in [5.74, 6) is 0.656. The van der Waals surface area contributed by atoms with Crippen LogP contribution in [0.3, 0.4) is 0 Å². The summed E-state index contributed by atoms with van der Waals surface area (Å²) in [5, 5.41) is 9.43. The minimum absolute atomic E-state index is 0.252. The highest BCUT2D eigenvalue weighted by Gasteiger charge is 2.16. The second kappa shape index (κ2) is 16.0. The van der Waals surface area contributed by atoms with Gasteiger partial charge in [0, 0.05) is 31.0 Å². The molecule has 0 rings (SSSR count). The van der Waals surface area contributed by atoms with Crippen LogP contribution in [0.5, 0.6) is 0 Å². The molecule has 0 aromatic carbocycles. The van der Waals surface area contributed by atoms with Crippen LogP contribution in [-0.4, -0.2) is 31.0 Å². The zero-order valence-corrected chi connectivity index (χ0v) is 20.7. The molecule has 0 fully saturated rings. The van der Waals surface area contributed by atoms with Crippen LogP contribution in [0.15, 0.2) is 50.5 Å². The molecule has 0 bridgehead atoms. The molecular formula is C24H39N3O2S. The largest absolute Gasteiger partial charge is 0.588 e. The highest BCUT2D eigenvalue weighted by atomic mass is 32.2. The summed E-state index contributed by atoms with van der Waals surface area (Å²) < 4.78 is 21.4. The fourth-order valence-electron chi connectivity index (χ4n) is 2.30. The first-order valence-corrected chi connectivity index (χ1v) is 11.7. The Bertz CT molecular complexity index is 710. The predicted octanol–water partition coefficient (Wildman–Crippen LogP) is 5.62. The van der Waals surface area contributed by atoms with E-state index < -0.39 is 11.4 Å². The Hall–Kier alpha value is -1.81. The average molecular weight is 434 g/mol. The molecule has 0 radical (unpaired) electrons. The van der Waals surface area contributed by atoms with Gasteiger partial charge in [-0.25, -0.2) is 4.72 Å². The molecule has 30 heavy (non-hydrogen) atoms. The maximum Gasteiger partial charge on any atom is 0.198 e. The van der Waals surface area contributed by atoms with Crippen LogP contribution in [0.2, 0.25) is 0 Å². The number of allylic oxidation sites excluding steroid dienone is 6.